The molecule has 3 heterocycles. The summed E-state index contributed by atoms with van der Waals surface area (Å²) < 4.78 is 40.2. The van der Waals surface area contributed by atoms with Crippen molar-refractivity contribution in [3.05, 3.63) is 41.2 Å². The Balaban J connectivity index is 1.86. The number of fused-ring (bicyclic) bond motifs is 1. The third-order valence-corrected chi connectivity index (χ3v) is 5.15. The first-order valence-electron chi connectivity index (χ1n) is 9.04. The Morgan fingerprint density at radius 1 is 1.10 bits per heavy atom. The number of hydrogen-bond donors (Lipinski definition) is 2. The second-order valence-corrected chi connectivity index (χ2v) is 7.10. The van der Waals surface area contributed by atoms with Crippen LogP contribution in [0.1, 0.15) is 11.7 Å². The van der Waals surface area contributed by atoms with Gasteiger partial charge in [0.1, 0.15) is 18.0 Å². The molecule has 1 unspecified atom stereocenters. The fourth-order valence-electron chi connectivity index (χ4n) is 3.43. The quantitative estimate of drug-likeness (QED) is 0.668. The van der Waals surface area contributed by atoms with Crippen LogP contribution in [0.5, 0.6) is 0 Å². The molecule has 1 aliphatic heterocycles. The first kappa shape index (κ1) is 19.7. The van der Waals surface area contributed by atoms with Crippen molar-refractivity contribution < 1.29 is 13.2 Å². The highest BCUT2D eigenvalue weighted by Crippen LogP contribution is 2.39. The molecule has 152 valence electrons. The van der Waals surface area contributed by atoms with Gasteiger partial charge < -0.3 is 16.0 Å². The summed E-state index contributed by atoms with van der Waals surface area (Å²) in [7, 11) is 0. The molecular formula is C19H18ClF3N6. The van der Waals surface area contributed by atoms with Crippen molar-refractivity contribution in [2.75, 3.05) is 36.8 Å². The molecule has 4 rings (SSSR count). The van der Waals surface area contributed by atoms with Crippen LogP contribution in [0.4, 0.5) is 24.8 Å². The summed E-state index contributed by atoms with van der Waals surface area (Å²) in [6.45, 7) is 3.23. The predicted octanol–water partition coefficient (Wildman–Crippen LogP) is 3.61. The van der Waals surface area contributed by atoms with Gasteiger partial charge in [0.2, 0.25) is 0 Å². The molecule has 3 N–H and O–H groups in total. The van der Waals surface area contributed by atoms with Crippen LogP contribution in [0.3, 0.4) is 0 Å². The largest absolute Gasteiger partial charge is 0.384 e. The van der Waals surface area contributed by atoms with Gasteiger partial charge in [-0.25, -0.2) is 28.1 Å². The van der Waals surface area contributed by atoms with Crippen molar-refractivity contribution in [3.63, 3.8) is 0 Å². The minimum atomic E-state index is -3.19. The van der Waals surface area contributed by atoms with Gasteiger partial charge in [0.15, 0.2) is 6.17 Å². The summed E-state index contributed by atoms with van der Waals surface area (Å²) in [4.78, 5) is 14.9. The van der Waals surface area contributed by atoms with Crippen molar-refractivity contribution in [2.24, 2.45) is 0 Å². The molecule has 3 aromatic rings. The van der Waals surface area contributed by atoms with Crippen LogP contribution in [0.2, 0.25) is 5.02 Å². The van der Waals surface area contributed by atoms with Gasteiger partial charge in [0, 0.05) is 42.7 Å². The Morgan fingerprint density at radius 2 is 1.86 bits per heavy atom. The molecule has 0 aliphatic carbocycles. The summed E-state index contributed by atoms with van der Waals surface area (Å²) >= 11 is 6.48. The maximum Gasteiger partial charge on any atom is 0.273 e. The number of nitrogens with one attached hydrogen (secondary N) is 1. The fourth-order valence-corrected chi connectivity index (χ4v) is 3.69. The third-order valence-electron chi connectivity index (χ3n) is 4.84. The first-order chi connectivity index (χ1) is 14.0. The number of halogens is 4. The lowest BCUT2D eigenvalue weighted by Gasteiger charge is -2.29. The van der Waals surface area contributed by atoms with Gasteiger partial charge in [0.25, 0.3) is 6.43 Å². The molecule has 6 nitrogen and oxygen atoms in total. The van der Waals surface area contributed by atoms with Gasteiger partial charge in [-0.3, -0.25) is 0 Å². The number of anilines is 2. The third kappa shape index (κ3) is 3.79. The van der Waals surface area contributed by atoms with E-state index in [1.165, 1.54) is 18.5 Å². The average Bonchev–Trinajstić information content (AvgIpc) is 2.73. The standard InChI is InChI=1S/C19H18ClF3N6/c20-13-7-12-14(26-9-27-19(12)29-5-3-25-4-6-29)8-11(13)17-10(16(21)18(22)23)1-2-15(24)28-17/h1-2,7-9,16,18,25H,3-6H2,(H2,24,28). The molecule has 2 aromatic heterocycles. The molecule has 0 radical (unpaired) electrons. The molecule has 1 saturated heterocycles. The number of piperazine rings is 1. The van der Waals surface area contributed by atoms with E-state index in [1.54, 1.807) is 12.1 Å². The highest BCUT2D eigenvalue weighted by molar-refractivity contribution is 6.34. The monoisotopic (exact) mass is 422 g/mol. The summed E-state index contributed by atoms with van der Waals surface area (Å²) in [5.74, 6) is 0.812. The minimum absolute atomic E-state index is 0.0213. The van der Waals surface area contributed by atoms with Crippen molar-refractivity contribution in [1.29, 1.82) is 0 Å². The zero-order valence-corrected chi connectivity index (χ0v) is 16.0. The molecule has 0 amide bonds. The fraction of sp³-hybridized carbons (Fsp3) is 0.316. The van der Waals surface area contributed by atoms with Crippen LogP contribution in [-0.4, -0.2) is 47.6 Å². The van der Waals surface area contributed by atoms with Crippen LogP contribution in [0, 0.1) is 0 Å². The maximum atomic E-state index is 14.2. The van der Waals surface area contributed by atoms with Crippen LogP contribution >= 0.6 is 11.6 Å². The lowest BCUT2D eigenvalue weighted by atomic mass is 10.0. The maximum absolute atomic E-state index is 14.2. The van der Waals surface area contributed by atoms with Gasteiger partial charge >= 0.3 is 0 Å². The summed E-state index contributed by atoms with van der Waals surface area (Å²) in [6.07, 6.45) is -4.27. The van der Waals surface area contributed by atoms with E-state index in [2.05, 4.69) is 25.2 Å². The summed E-state index contributed by atoms with van der Waals surface area (Å²) in [6, 6.07) is 5.76. The van der Waals surface area contributed by atoms with Gasteiger partial charge in [-0.1, -0.05) is 17.7 Å². The minimum Gasteiger partial charge on any atom is -0.384 e. The summed E-state index contributed by atoms with van der Waals surface area (Å²) in [5, 5.41) is 4.23. The average molecular weight is 423 g/mol. The van der Waals surface area contributed by atoms with E-state index < -0.39 is 12.6 Å². The van der Waals surface area contributed by atoms with Crippen LogP contribution in [0.25, 0.3) is 22.2 Å². The molecular weight excluding hydrogens is 405 g/mol. The molecule has 29 heavy (non-hydrogen) atoms. The number of benzene rings is 1. The molecule has 1 aromatic carbocycles. The highest BCUT2D eigenvalue weighted by Gasteiger charge is 2.27. The Bertz CT molecular complexity index is 1040. The van der Waals surface area contributed by atoms with E-state index in [1.807, 2.05) is 0 Å². The predicted molar refractivity (Wildman–Crippen MR) is 107 cm³/mol. The number of alkyl halides is 3. The smallest absolute Gasteiger partial charge is 0.273 e. The molecule has 0 bridgehead atoms. The number of nitrogens with two attached hydrogens (primary N) is 1. The molecule has 1 atom stereocenters. The molecule has 10 heteroatoms. The lowest BCUT2D eigenvalue weighted by Crippen LogP contribution is -2.44. The van der Waals surface area contributed by atoms with E-state index in [4.69, 9.17) is 17.3 Å². The van der Waals surface area contributed by atoms with E-state index in [0.29, 0.717) is 5.52 Å². The normalized spacial score (nSPS) is 15.8. The van der Waals surface area contributed by atoms with Gasteiger partial charge in [0.05, 0.1) is 16.2 Å². The van der Waals surface area contributed by atoms with E-state index in [-0.39, 0.29) is 27.7 Å². The number of hydrogen-bond acceptors (Lipinski definition) is 6. The van der Waals surface area contributed by atoms with Crippen LogP contribution < -0.4 is 16.0 Å². The van der Waals surface area contributed by atoms with E-state index in [0.717, 1.165) is 37.4 Å². The lowest BCUT2D eigenvalue weighted by molar-refractivity contribution is 0.0497. The van der Waals surface area contributed by atoms with Crippen molar-refractivity contribution in [1.82, 2.24) is 20.3 Å². The number of nitrogen functional groups attached to an aromatic ring is 1. The van der Waals surface area contributed by atoms with Crippen LogP contribution in [-0.2, 0) is 0 Å². The molecule has 0 saturated carbocycles. The number of pyridine rings is 1. The highest BCUT2D eigenvalue weighted by atomic mass is 35.5. The number of nitrogens with zero attached hydrogens (tertiary/aromatic N) is 4. The van der Waals surface area contributed by atoms with Gasteiger partial charge in [-0.05, 0) is 18.2 Å². The second-order valence-electron chi connectivity index (χ2n) is 6.69. The van der Waals surface area contributed by atoms with Gasteiger partial charge in [-0.2, -0.15) is 0 Å². The molecule has 1 fully saturated rings. The first-order valence-corrected chi connectivity index (χ1v) is 9.42. The molecule has 0 spiro atoms. The van der Waals surface area contributed by atoms with Crippen LogP contribution in [0.15, 0.2) is 30.6 Å². The van der Waals surface area contributed by atoms with Gasteiger partial charge in [-0.15, -0.1) is 0 Å². The number of aromatic nitrogens is 3. The van der Waals surface area contributed by atoms with Crippen molar-refractivity contribution in [2.45, 2.75) is 12.6 Å². The zero-order chi connectivity index (χ0) is 20.5. The Labute approximate surface area is 169 Å². The SMILES string of the molecule is Nc1ccc(C(F)C(F)F)c(-c2cc3ncnc(N4CCNCC4)c3cc2Cl)n1. The summed E-state index contributed by atoms with van der Waals surface area (Å²) in [5.41, 5.74) is 6.27. The topological polar surface area (TPSA) is 80.0 Å². The second kappa shape index (κ2) is 8.00. The van der Waals surface area contributed by atoms with E-state index >= 15 is 0 Å². The Hall–Kier alpha value is -2.65. The van der Waals surface area contributed by atoms with Crippen molar-refractivity contribution in [3.8, 4) is 11.3 Å². The number of rotatable bonds is 4. The van der Waals surface area contributed by atoms with Crippen molar-refractivity contribution >= 4 is 34.1 Å². The Morgan fingerprint density at radius 3 is 2.59 bits per heavy atom. The zero-order valence-electron chi connectivity index (χ0n) is 15.2. The Kier molecular flexibility index (Phi) is 5.42. The molecule has 1 aliphatic rings. The van der Waals surface area contributed by atoms with E-state index in [9.17, 15) is 13.2 Å².